The average Bonchev–Trinajstić information content (AvgIpc) is 3.44. The van der Waals surface area contributed by atoms with Crippen molar-refractivity contribution in [3.05, 3.63) is 101 Å². The molecule has 1 aliphatic rings. The summed E-state index contributed by atoms with van der Waals surface area (Å²) in [6.45, 7) is 2.25. The third-order valence-electron chi connectivity index (χ3n) is 7.09. The van der Waals surface area contributed by atoms with Gasteiger partial charge in [-0.25, -0.2) is 4.98 Å². The SMILES string of the molecule is Cc1c(C(=O)N2CCC(c3ccc(NC(=O)c4[nH]cnc4-c4cccnc4)cc3)CC2)cccc1C(F)(F)F. The van der Waals surface area contributed by atoms with Crippen molar-refractivity contribution in [2.24, 2.45) is 0 Å². The van der Waals surface area contributed by atoms with E-state index in [1.807, 2.05) is 30.3 Å². The van der Waals surface area contributed by atoms with E-state index in [9.17, 15) is 22.8 Å². The van der Waals surface area contributed by atoms with Crippen LogP contribution in [0.4, 0.5) is 18.9 Å². The first-order valence-corrected chi connectivity index (χ1v) is 12.5. The van der Waals surface area contributed by atoms with Gasteiger partial charge in [0.15, 0.2) is 0 Å². The highest BCUT2D eigenvalue weighted by molar-refractivity contribution is 6.06. The number of carbonyl (C=O) groups excluding carboxylic acids is 2. The second-order valence-corrected chi connectivity index (χ2v) is 9.49. The Labute approximate surface area is 223 Å². The molecule has 2 aromatic heterocycles. The third kappa shape index (κ3) is 5.55. The van der Waals surface area contributed by atoms with Crippen LogP contribution in [0.5, 0.6) is 0 Å². The van der Waals surface area contributed by atoms with Gasteiger partial charge in [-0.3, -0.25) is 14.6 Å². The number of anilines is 1. The molecule has 0 unspecified atom stereocenters. The molecular formula is C29H26F3N5O2. The molecule has 3 heterocycles. The van der Waals surface area contributed by atoms with Crippen LogP contribution in [0.25, 0.3) is 11.3 Å². The number of likely N-dealkylation sites (tertiary alicyclic amines) is 1. The minimum absolute atomic E-state index is 0.0440. The van der Waals surface area contributed by atoms with E-state index in [-0.39, 0.29) is 28.9 Å². The van der Waals surface area contributed by atoms with E-state index >= 15 is 0 Å². The lowest BCUT2D eigenvalue weighted by Gasteiger charge is -2.33. The van der Waals surface area contributed by atoms with Crippen LogP contribution in [0.1, 0.15) is 56.3 Å². The number of rotatable bonds is 5. The molecule has 2 aromatic carbocycles. The smallest absolute Gasteiger partial charge is 0.340 e. The van der Waals surface area contributed by atoms with Gasteiger partial charge < -0.3 is 15.2 Å². The number of imidazole rings is 1. The predicted octanol–water partition coefficient (Wildman–Crippen LogP) is 6.07. The first-order chi connectivity index (χ1) is 18.7. The Kier molecular flexibility index (Phi) is 7.19. The Bertz CT molecular complexity index is 1480. The Balaban J connectivity index is 1.20. The molecule has 7 nitrogen and oxygen atoms in total. The van der Waals surface area contributed by atoms with Gasteiger partial charge in [-0.05, 0) is 73.2 Å². The van der Waals surface area contributed by atoms with Crippen molar-refractivity contribution >= 4 is 17.5 Å². The van der Waals surface area contributed by atoms with Gasteiger partial charge in [-0.15, -0.1) is 0 Å². The molecular weight excluding hydrogens is 507 g/mol. The van der Waals surface area contributed by atoms with E-state index in [0.29, 0.717) is 43.0 Å². The second-order valence-electron chi connectivity index (χ2n) is 9.49. The van der Waals surface area contributed by atoms with Gasteiger partial charge in [0.05, 0.1) is 11.9 Å². The molecule has 0 radical (unpaired) electrons. The maximum absolute atomic E-state index is 13.3. The van der Waals surface area contributed by atoms with Gasteiger partial charge in [0.25, 0.3) is 11.8 Å². The van der Waals surface area contributed by atoms with Crippen molar-refractivity contribution < 1.29 is 22.8 Å². The number of H-pyrrole nitrogens is 1. The van der Waals surface area contributed by atoms with Crippen LogP contribution in [0.3, 0.4) is 0 Å². The number of benzene rings is 2. The summed E-state index contributed by atoms with van der Waals surface area (Å²) < 4.78 is 39.8. The van der Waals surface area contributed by atoms with Crippen LogP contribution in [0, 0.1) is 6.92 Å². The van der Waals surface area contributed by atoms with Gasteiger partial charge >= 0.3 is 6.18 Å². The Morgan fingerprint density at radius 1 is 1.03 bits per heavy atom. The summed E-state index contributed by atoms with van der Waals surface area (Å²) >= 11 is 0. The van der Waals surface area contributed by atoms with E-state index in [2.05, 4.69) is 20.3 Å². The van der Waals surface area contributed by atoms with E-state index in [4.69, 9.17) is 0 Å². The monoisotopic (exact) mass is 533 g/mol. The molecule has 2 N–H and O–H groups in total. The minimum Gasteiger partial charge on any atom is -0.340 e. The molecule has 0 spiro atoms. The molecule has 5 rings (SSSR count). The van der Waals surface area contributed by atoms with E-state index < -0.39 is 11.7 Å². The number of nitrogens with one attached hydrogen (secondary N) is 2. The lowest BCUT2D eigenvalue weighted by atomic mass is 9.89. The molecule has 0 atom stereocenters. The minimum atomic E-state index is -4.50. The maximum atomic E-state index is 13.3. The summed E-state index contributed by atoms with van der Waals surface area (Å²) in [5.41, 5.74) is 2.54. The van der Waals surface area contributed by atoms with E-state index in [1.54, 1.807) is 23.4 Å². The molecule has 10 heteroatoms. The van der Waals surface area contributed by atoms with Gasteiger partial charge in [-0.1, -0.05) is 18.2 Å². The summed E-state index contributed by atoms with van der Waals surface area (Å²) in [5, 5.41) is 2.88. The number of alkyl halides is 3. The van der Waals surface area contributed by atoms with Crippen molar-refractivity contribution in [1.29, 1.82) is 0 Å². The number of hydrogen-bond acceptors (Lipinski definition) is 4. The summed E-state index contributed by atoms with van der Waals surface area (Å²) in [4.78, 5) is 38.7. The lowest BCUT2D eigenvalue weighted by molar-refractivity contribution is -0.138. The van der Waals surface area contributed by atoms with Gasteiger partial charge in [-0.2, -0.15) is 13.2 Å². The van der Waals surface area contributed by atoms with Crippen LogP contribution in [0.15, 0.2) is 73.3 Å². The highest BCUT2D eigenvalue weighted by atomic mass is 19.4. The fourth-order valence-electron chi connectivity index (χ4n) is 4.98. The van der Waals surface area contributed by atoms with Crippen molar-refractivity contribution in [3.63, 3.8) is 0 Å². The van der Waals surface area contributed by atoms with Crippen molar-refractivity contribution in [1.82, 2.24) is 19.9 Å². The predicted molar refractivity (Wildman–Crippen MR) is 140 cm³/mol. The number of aromatic nitrogens is 3. The molecule has 1 fully saturated rings. The van der Waals surface area contributed by atoms with Crippen molar-refractivity contribution in [3.8, 4) is 11.3 Å². The number of piperidine rings is 1. The normalized spacial score (nSPS) is 14.3. The fraction of sp³-hybridized carbons (Fsp3) is 0.241. The second kappa shape index (κ2) is 10.7. The molecule has 1 aliphatic heterocycles. The van der Waals surface area contributed by atoms with Crippen LogP contribution < -0.4 is 5.32 Å². The van der Waals surface area contributed by atoms with Gasteiger partial charge in [0.1, 0.15) is 11.4 Å². The quantitative estimate of drug-likeness (QED) is 0.326. The van der Waals surface area contributed by atoms with Gasteiger partial charge in [0.2, 0.25) is 0 Å². The number of aromatic amines is 1. The summed E-state index contributed by atoms with van der Waals surface area (Å²) in [6.07, 6.45) is 1.64. The Hall–Kier alpha value is -4.47. The van der Waals surface area contributed by atoms with Crippen molar-refractivity contribution in [2.75, 3.05) is 18.4 Å². The number of pyridine rings is 1. The standard InChI is InChI=1S/C29H26F3N5O2/c1-18-23(5-2-6-24(18)29(30,31)32)28(39)37-14-11-20(12-15-37)19-7-9-22(10-8-19)36-27(38)26-25(34-17-35-26)21-4-3-13-33-16-21/h2-10,13,16-17,20H,11-12,14-15H2,1H3,(H,34,35)(H,36,38). The number of nitrogens with zero attached hydrogens (tertiary/aromatic N) is 3. The van der Waals surface area contributed by atoms with Crippen LogP contribution in [-0.4, -0.2) is 44.8 Å². The first-order valence-electron chi connectivity index (χ1n) is 12.5. The molecule has 0 bridgehead atoms. The number of halogens is 3. The molecule has 0 saturated carbocycles. The maximum Gasteiger partial charge on any atom is 0.416 e. The first kappa shape index (κ1) is 26.1. The zero-order valence-corrected chi connectivity index (χ0v) is 21.1. The average molecular weight is 534 g/mol. The Morgan fingerprint density at radius 2 is 1.77 bits per heavy atom. The van der Waals surface area contributed by atoms with Crippen LogP contribution in [-0.2, 0) is 6.18 Å². The third-order valence-corrected chi connectivity index (χ3v) is 7.09. The van der Waals surface area contributed by atoms with Crippen molar-refractivity contribution in [2.45, 2.75) is 31.9 Å². The highest BCUT2D eigenvalue weighted by Crippen LogP contribution is 2.34. The molecule has 0 aliphatic carbocycles. The van der Waals surface area contributed by atoms with E-state index in [0.717, 1.165) is 17.2 Å². The molecule has 1 saturated heterocycles. The number of carbonyl (C=O) groups is 2. The number of amides is 2. The lowest BCUT2D eigenvalue weighted by Crippen LogP contribution is -2.38. The van der Waals surface area contributed by atoms with Crippen LogP contribution >= 0.6 is 0 Å². The summed E-state index contributed by atoms with van der Waals surface area (Å²) in [7, 11) is 0. The van der Waals surface area contributed by atoms with E-state index in [1.165, 1.54) is 25.4 Å². The molecule has 39 heavy (non-hydrogen) atoms. The summed E-state index contributed by atoms with van der Waals surface area (Å²) in [6, 6.07) is 14.9. The zero-order valence-electron chi connectivity index (χ0n) is 21.1. The Morgan fingerprint density at radius 3 is 2.44 bits per heavy atom. The highest BCUT2D eigenvalue weighted by Gasteiger charge is 2.34. The molecule has 2 amide bonds. The fourth-order valence-corrected chi connectivity index (χ4v) is 4.98. The molecule has 4 aromatic rings. The molecule has 200 valence electrons. The largest absolute Gasteiger partial charge is 0.416 e. The van der Waals surface area contributed by atoms with Crippen LogP contribution in [0.2, 0.25) is 0 Å². The topological polar surface area (TPSA) is 91.0 Å². The number of hydrogen-bond donors (Lipinski definition) is 2. The van der Waals surface area contributed by atoms with Gasteiger partial charge in [0, 0.05) is 42.3 Å². The zero-order chi connectivity index (χ0) is 27.6. The summed E-state index contributed by atoms with van der Waals surface area (Å²) in [5.74, 6) is -0.499.